The number of rotatable bonds is 4. The topological polar surface area (TPSA) is 21.3 Å². The first kappa shape index (κ1) is 9.59. The van der Waals surface area contributed by atoms with Gasteiger partial charge in [0.15, 0.2) is 0 Å². The van der Waals surface area contributed by atoms with Crippen LogP contribution in [-0.4, -0.2) is 18.8 Å². The third-order valence-corrected chi connectivity index (χ3v) is 2.36. The molecule has 0 spiro atoms. The minimum atomic E-state index is 0.263. The molecule has 1 N–H and O–H groups in total. The van der Waals surface area contributed by atoms with Crippen LogP contribution in [0.1, 0.15) is 33.1 Å². The predicted octanol–water partition coefficient (Wildman–Crippen LogP) is 2.07. The zero-order chi connectivity index (χ0) is 8.97. The molecule has 0 aromatic heterocycles. The fraction of sp³-hybridized carbons (Fsp3) is 0.800. The second kappa shape index (κ2) is 4.51. The molecule has 0 aliphatic carbocycles. The maximum absolute atomic E-state index is 5.50. The molecule has 1 aliphatic rings. The average Bonchev–Trinajstić information content (AvgIpc) is 2.56. The second-order valence-electron chi connectivity index (χ2n) is 3.48. The van der Waals surface area contributed by atoms with Gasteiger partial charge in [-0.2, -0.15) is 0 Å². The van der Waals surface area contributed by atoms with Crippen molar-refractivity contribution in [1.82, 2.24) is 5.32 Å². The van der Waals surface area contributed by atoms with Crippen LogP contribution in [-0.2, 0) is 4.74 Å². The molecule has 0 radical (unpaired) electrons. The van der Waals surface area contributed by atoms with Gasteiger partial charge >= 0.3 is 0 Å². The minimum Gasteiger partial charge on any atom is -0.384 e. The van der Waals surface area contributed by atoms with Crippen molar-refractivity contribution in [2.45, 2.75) is 45.3 Å². The molecule has 12 heavy (non-hydrogen) atoms. The zero-order valence-electron chi connectivity index (χ0n) is 8.10. The Morgan fingerprint density at radius 1 is 1.75 bits per heavy atom. The Kier molecular flexibility index (Phi) is 3.60. The lowest BCUT2D eigenvalue weighted by Gasteiger charge is -2.19. The van der Waals surface area contributed by atoms with Gasteiger partial charge in [-0.25, -0.2) is 0 Å². The molecule has 2 heteroatoms. The van der Waals surface area contributed by atoms with E-state index in [0.717, 1.165) is 25.1 Å². The van der Waals surface area contributed by atoms with Gasteiger partial charge < -0.3 is 10.1 Å². The molecule has 0 saturated carbocycles. The van der Waals surface area contributed by atoms with Gasteiger partial charge in [-0.1, -0.05) is 13.5 Å². The highest BCUT2D eigenvalue weighted by molar-refractivity contribution is 5.02. The van der Waals surface area contributed by atoms with Gasteiger partial charge in [0.2, 0.25) is 0 Å². The van der Waals surface area contributed by atoms with E-state index in [1.165, 1.54) is 6.42 Å². The van der Waals surface area contributed by atoms with Crippen molar-refractivity contribution >= 4 is 0 Å². The molecule has 2 atom stereocenters. The van der Waals surface area contributed by atoms with Crippen LogP contribution < -0.4 is 5.32 Å². The molecule has 1 saturated heterocycles. The zero-order valence-corrected chi connectivity index (χ0v) is 8.10. The molecule has 1 rings (SSSR count). The molecule has 1 heterocycles. The van der Waals surface area contributed by atoms with Gasteiger partial charge in [0.1, 0.15) is 0 Å². The highest BCUT2D eigenvalue weighted by Crippen LogP contribution is 2.17. The molecule has 0 unspecified atom stereocenters. The van der Waals surface area contributed by atoms with Crippen LogP contribution in [0.4, 0.5) is 0 Å². The van der Waals surface area contributed by atoms with E-state index in [2.05, 4.69) is 25.7 Å². The summed E-state index contributed by atoms with van der Waals surface area (Å²) in [5.41, 5.74) is 1.06. The van der Waals surface area contributed by atoms with Crippen molar-refractivity contribution in [1.29, 1.82) is 0 Å². The van der Waals surface area contributed by atoms with E-state index in [1.54, 1.807) is 0 Å². The fourth-order valence-electron chi connectivity index (χ4n) is 1.36. The van der Waals surface area contributed by atoms with E-state index in [4.69, 9.17) is 4.74 Å². The van der Waals surface area contributed by atoms with Crippen LogP contribution in [0.3, 0.4) is 0 Å². The highest BCUT2D eigenvalue weighted by Gasteiger charge is 2.18. The molecule has 0 aromatic carbocycles. The van der Waals surface area contributed by atoms with Gasteiger partial charge in [-0.3, -0.25) is 0 Å². The van der Waals surface area contributed by atoms with Crippen molar-refractivity contribution in [2.75, 3.05) is 6.61 Å². The SMILES string of the molecule is C=C(N[C@H](C)CC)[C@H]1CCCO1. The van der Waals surface area contributed by atoms with Crippen LogP contribution in [0.15, 0.2) is 12.3 Å². The van der Waals surface area contributed by atoms with Crippen molar-refractivity contribution < 1.29 is 4.74 Å². The monoisotopic (exact) mass is 169 g/mol. The standard InChI is InChI=1S/C10H19NO/c1-4-8(2)11-9(3)10-6-5-7-12-10/h8,10-11H,3-7H2,1-2H3/t8-,10-/m1/s1. The Labute approximate surface area is 75.0 Å². The van der Waals surface area contributed by atoms with Crippen molar-refractivity contribution in [3.63, 3.8) is 0 Å². The van der Waals surface area contributed by atoms with Gasteiger partial charge in [-0.05, 0) is 26.2 Å². The minimum absolute atomic E-state index is 0.263. The van der Waals surface area contributed by atoms with Gasteiger partial charge in [0.05, 0.1) is 6.10 Å². The van der Waals surface area contributed by atoms with Gasteiger partial charge in [0.25, 0.3) is 0 Å². The average molecular weight is 169 g/mol. The molecule has 1 fully saturated rings. The van der Waals surface area contributed by atoms with Crippen molar-refractivity contribution in [2.24, 2.45) is 0 Å². The van der Waals surface area contributed by atoms with Crippen LogP contribution in [0, 0.1) is 0 Å². The van der Waals surface area contributed by atoms with Crippen LogP contribution in [0.25, 0.3) is 0 Å². The quantitative estimate of drug-likeness (QED) is 0.695. The molecule has 0 bridgehead atoms. The summed E-state index contributed by atoms with van der Waals surface area (Å²) in [4.78, 5) is 0. The normalized spacial score (nSPS) is 25.3. The van der Waals surface area contributed by atoms with Crippen LogP contribution in [0.5, 0.6) is 0 Å². The summed E-state index contributed by atoms with van der Waals surface area (Å²) in [5, 5.41) is 3.35. The van der Waals surface area contributed by atoms with Gasteiger partial charge in [0, 0.05) is 18.3 Å². The van der Waals surface area contributed by atoms with E-state index in [0.29, 0.717) is 6.04 Å². The molecule has 2 nitrogen and oxygen atoms in total. The lowest BCUT2D eigenvalue weighted by Crippen LogP contribution is -2.30. The Morgan fingerprint density at radius 2 is 2.50 bits per heavy atom. The molecule has 70 valence electrons. The van der Waals surface area contributed by atoms with E-state index < -0.39 is 0 Å². The Balaban J connectivity index is 2.27. The fourth-order valence-corrected chi connectivity index (χ4v) is 1.36. The number of hydrogen-bond donors (Lipinski definition) is 1. The van der Waals surface area contributed by atoms with E-state index in [1.807, 2.05) is 0 Å². The molecule has 0 aromatic rings. The molecule has 0 amide bonds. The highest BCUT2D eigenvalue weighted by atomic mass is 16.5. The first-order chi connectivity index (χ1) is 5.74. The summed E-state index contributed by atoms with van der Waals surface area (Å²) in [7, 11) is 0. The lowest BCUT2D eigenvalue weighted by molar-refractivity contribution is 0.130. The number of ether oxygens (including phenoxy) is 1. The summed E-state index contributed by atoms with van der Waals surface area (Å²) >= 11 is 0. The van der Waals surface area contributed by atoms with Crippen molar-refractivity contribution in [3.05, 3.63) is 12.3 Å². The summed E-state index contributed by atoms with van der Waals surface area (Å²) in [6.45, 7) is 9.22. The molecular formula is C10H19NO. The number of nitrogens with one attached hydrogen (secondary N) is 1. The Morgan fingerprint density at radius 3 is 3.00 bits per heavy atom. The van der Waals surface area contributed by atoms with Crippen molar-refractivity contribution in [3.8, 4) is 0 Å². The smallest absolute Gasteiger partial charge is 0.0964 e. The van der Waals surface area contributed by atoms with Crippen LogP contribution >= 0.6 is 0 Å². The maximum atomic E-state index is 5.50. The lowest BCUT2D eigenvalue weighted by atomic mass is 10.1. The number of hydrogen-bond acceptors (Lipinski definition) is 2. The molecular weight excluding hydrogens is 150 g/mol. The Bertz CT molecular complexity index is 150. The largest absolute Gasteiger partial charge is 0.384 e. The van der Waals surface area contributed by atoms with E-state index >= 15 is 0 Å². The summed E-state index contributed by atoms with van der Waals surface area (Å²) in [5.74, 6) is 0. The summed E-state index contributed by atoms with van der Waals surface area (Å²) < 4.78 is 5.50. The third-order valence-electron chi connectivity index (χ3n) is 2.36. The maximum Gasteiger partial charge on any atom is 0.0964 e. The summed E-state index contributed by atoms with van der Waals surface area (Å²) in [6.07, 6.45) is 3.69. The second-order valence-corrected chi connectivity index (χ2v) is 3.48. The summed E-state index contributed by atoms with van der Waals surface area (Å²) in [6, 6.07) is 0.515. The third kappa shape index (κ3) is 2.52. The van der Waals surface area contributed by atoms with E-state index in [-0.39, 0.29) is 6.10 Å². The Hall–Kier alpha value is -0.500. The first-order valence-electron chi connectivity index (χ1n) is 4.81. The van der Waals surface area contributed by atoms with E-state index in [9.17, 15) is 0 Å². The van der Waals surface area contributed by atoms with Gasteiger partial charge in [-0.15, -0.1) is 0 Å². The predicted molar refractivity (Wildman–Crippen MR) is 51.0 cm³/mol. The first-order valence-corrected chi connectivity index (χ1v) is 4.81. The van der Waals surface area contributed by atoms with Crippen LogP contribution in [0.2, 0.25) is 0 Å². The molecule has 1 aliphatic heterocycles.